The van der Waals surface area contributed by atoms with E-state index in [1.54, 1.807) is 16.8 Å². The molecule has 4 aromatic rings. The molecule has 10 heteroatoms. The molecule has 0 spiro atoms. The number of imide groups is 1. The molecule has 3 heterocycles. The predicted molar refractivity (Wildman–Crippen MR) is 131 cm³/mol. The second kappa shape index (κ2) is 8.56. The van der Waals surface area contributed by atoms with E-state index in [0.717, 1.165) is 29.5 Å². The highest BCUT2D eigenvalue weighted by Crippen LogP contribution is 2.27. The number of nitrogens with zero attached hydrogens (tertiary/aromatic N) is 4. The van der Waals surface area contributed by atoms with Crippen LogP contribution in [0.25, 0.3) is 22.9 Å². The van der Waals surface area contributed by atoms with Gasteiger partial charge in [0.25, 0.3) is 5.91 Å². The van der Waals surface area contributed by atoms with Gasteiger partial charge in [0.2, 0.25) is 11.9 Å². The lowest BCUT2D eigenvalue weighted by Crippen LogP contribution is -2.22. The summed E-state index contributed by atoms with van der Waals surface area (Å²) in [5.41, 5.74) is 4.64. The van der Waals surface area contributed by atoms with Gasteiger partial charge in [-0.25, -0.2) is 4.79 Å². The van der Waals surface area contributed by atoms with E-state index in [1.165, 1.54) is 0 Å². The fraction of sp³-hybridized carbons (Fsp3) is 0.160. The number of aromatic nitrogens is 4. The van der Waals surface area contributed by atoms with Crippen molar-refractivity contribution >= 4 is 35.6 Å². The fourth-order valence-corrected chi connectivity index (χ4v) is 3.97. The van der Waals surface area contributed by atoms with Crippen molar-refractivity contribution in [2.75, 3.05) is 10.6 Å². The van der Waals surface area contributed by atoms with Crippen molar-refractivity contribution in [3.8, 4) is 11.1 Å². The van der Waals surface area contributed by atoms with Crippen LogP contribution in [0.4, 0.5) is 16.7 Å². The molecule has 1 aliphatic heterocycles. The number of benzene rings is 2. The Morgan fingerprint density at radius 3 is 2.57 bits per heavy atom. The molecule has 3 amide bonds. The molecular formula is C25H22N8O2. The first-order chi connectivity index (χ1) is 17.1. The number of carbonyl (C=O) groups excluding carboxylic acids is 2. The van der Waals surface area contributed by atoms with E-state index in [-0.39, 0.29) is 5.70 Å². The van der Waals surface area contributed by atoms with Crippen molar-refractivity contribution in [3.63, 3.8) is 0 Å². The van der Waals surface area contributed by atoms with Crippen LogP contribution in [0.5, 0.6) is 0 Å². The van der Waals surface area contributed by atoms with Gasteiger partial charge < -0.3 is 16.0 Å². The first kappa shape index (κ1) is 20.8. The lowest BCUT2D eigenvalue weighted by atomic mass is 10.00. The molecule has 2 aromatic heterocycles. The summed E-state index contributed by atoms with van der Waals surface area (Å²) in [6.45, 7) is 0.521. The van der Waals surface area contributed by atoms with E-state index < -0.39 is 11.9 Å². The summed E-state index contributed by atoms with van der Waals surface area (Å²) in [6.07, 6.45) is 5.30. The molecule has 0 atom stereocenters. The van der Waals surface area contributed by atoms with Gasteiger partial charge in [0.05, 0.1) is 6.20 Å². The Labute approximate surface area is 200 Å². The van der Waals surface area contributed by atoms with Crippen LogP contribution in [0.3, 0.4) is 0 Å². The van der Waals surface area contributed by atoms with Gasteiger partial charge in [-0.3, -0.25) is 10.1 Å². The summed E-state index contributed by atoms with van der Waals surface area (Å²) in [5.74, 6) is 0.514. The molecule has 174 valence electrons. The molecule has 1 saturated heterocycles. The van der Waals surface area contributed by atoms with Gasteiger partial charge in [0, 0.05) is 18.2 Å². The highest BCUT2D eigenvalue weighted by molar-refractivity contribution is 6.14. The normalized spacial score (nSPS) is 16.4. The van der Waals surface area contributed by atoms with Gasteiger partial charge in [-0.1, -0.05) is 54.6 Å². The molecule has 6 rings (SSSR count). The molecule has 0 unspecified atom stereocenters. The van der Waals surface area contributed by atoms with Gasteiger partial charge in [-0.05, 0) is 35.6 Å². The van der Waals surface area contributed by atoms with Crippen molar-refractivity contribution in [1.82, 2.24) is 30.2 Å². The Morgan fingerprint density at radius 2 is 1.80 bits per heavy atom. The van der Waals surface area contributed by atoms with E-state index in [1.807, 2.05) is 30.3 Å². The Hall–Kier alpha value is -4.73. The fourth-order valence-electron chi connectivity index (χ4n) is 3.97. The minimum atomic E-state index is -0.553. The summed E-state index contributed by atoms with van der Waals surface area (Å²) in [7, 11) is 0. The van der Waals surface area contributed by atoms with Gasteiger partial charge in [-0.2, -0.15) is 19.6 Å². The standard InChI is InChI=1S/C25H22N8O2/c34-22-20(29-25(35)31-22)12-17-14-27-33-21(17)30-23(32-24(33)28-18-10-11-18)26-13-16-8-4-5-9-19(16)15-6-2-1-3-7-15/h1-9,12,14,18H,10-11,13H2,(H2,26,28,30,32)(H2,29,31,34,35)/b20-12-. The number of anilines is 2. The van der Waals surface area contributed by atoms with Gasteiger partial charge >= 0.3 is 6.03 Å². The monoisotopic (exact) mass is 466 g/mol. The van der Waals surface area contributed by atoms with E-state index in [9.17, 15) is 9.59 Å². The van der Waals surface area contributed by atoms with Crippen LogP contribution in [0, 0.1) is 0 Å². The molecular weight excluding hydrogens is 444 g/mol. The quantitative estimate of drug-likeness (QED) is 0.244. The summed E-state index contributed by atoms with van der Waals surface area (Å²) in [6, 6.07) is 18.2. The summed E-state index contributed by atoms with van der Waals surface area (Å²) >= 11 is 0. The summed E-state index contributed by atoms with van der Waals surface area (Å²) in [5, 5.41) is 15.9. The minimum absolute atomic E-state index is 0.145. The number of hydrogen-bond donors (Lipinski definition) is 4. The Morgan fingerprint density at radius 1 is 1.00 bits per heavy atom. The minimum Gasteiger partial charge on any atom is -0.351 e. The smallest absolute Gasteiger partial charge is 0.326 e. The van der Waals surface area contributed by atoms with E-state index in [2.05, 4.69) is 60.6 Å². The van der Waals surface area contributed by atoms with Crippen LogP contribution < -0.4 is 21.3 Å². The zero-order valence-corrected chi connectivity index (χ0v) is 18.7. The van der Waals surface area contributed by atoms with Crippen LogP contribution in [0.2, 0.25) is 0 Å². The molecule has 1 saturated carbocycles. The Balaban J connectivity index is 1.34. The van der Waals surface area contributed by atoms with Crippen molar-refractivity contribution in [3.05, 3.63) is 77.6 Å². The molecule has 2 aliphatic rings. The summed E-state index contributed by atoms with van der Waals surface area (Å²) in [4.78, 5) is 32.8. The zero-order valence-electron chi connectivity index (χ0n) is 18.7. The average Bonchev–Trinajstić information content (AvgIpc) is 3.51. The van der Waals surface area contributed by atoms with E-state index in [0.29, 0.717) is 35.7 Å². The second-order valence-electron chi connectivity index (χ2n) is 8.47. The van der Waals surface area contributed by atoms with E-state index >= 15 is 0 Å². The number of fused-ring (bicyclic) bond motifs is 1. The van der Waals surface area contributed by atoms with Crippen LogP contribution in [-0.4, -0.2) is 37.6 Å². The molecule has 1 aliphatic carbocycles. The third kappa shape index (κ3) is 4.29. The molecule has 2 fully saturated rings. The number of rotatable bonds is 7. The molecule has 35 heavy (non-hydrogen) atoms. The number of urea groups is 1. The topological polar surface area (TPSA) is 125 Å². The predicted octanol–water partition coefficient (Wildman–Crippen LogP) is 3.16. The van der Waals surface area contributed by atoms with Crippen molar-refractivity contribution in [2.45, 2.75) is 25.4 Å². The maximum Gasteiger partial charge on any atom is 0.326 e. The number of amides is 3. The first-order valence-corrected chi connectivity index (χ1v) is 11.4. The Bertz CT molecular complexity index is 1470. The van der Waals surface area contributed by atoms with Crippen LogP contribution in [-0.2, 0) is 11.3 Å². The third-order valence-electron chi connectivity index (χ3n) is 5.86. The van der Waals surface area contributed by atoms with Gasteiger partial charge in [0.1, 0.15) is 5.70 Å². The SMILES string of the molecule is O=C1NC(=O)/C(=C/c2cnn3c(NC4CC4)nc(NCc4ccccc4-c4ccccc4)nc23)N1. The highest BCUT2D eigenvalue weighted by atomic mass is 16.2. The largest absolute Gasteiger partial charge is 0.351 e. The van der Waals surface area contributed by atoms with Gasteiger partial charge in [-0.15, -0.1) is 0 Å². The lowest BCUT2D eigenvalue weighted by molar-refractivity contribution is -0.115. The number of carbonyl (C=O) groups is 2. The van der Waals surface area contributed by atoms with Crippen LogP contribution in [0.1, 0.15) is 24.0 Å². The molecule has 4 N–H and O–H groups in total. The van der Waals surface area contributed by atoms with Crippen molar-refractivity contribution < 1.29 is 9.59 Å². The van der Waals surface area contributed by atoms with E-state index in [4.69, 9.17) is 0 Å². The second-order valence-corrected chi connectivity index (χ2v) is 8.47. The highest BCUT2D eigenvalue weighted by Gasteiger charge is 2.26. The molecule has 0 radical (unpaired) electrons. The van der Waals surface area contributed by atoms with Crippen molar-refractivity contribution in [2.24, 2.45) is 0 Å². The molecule has 2 aromatic carbocycles. The maximum atomic E-state index is 12.0. The van der Waals surface area contributed by atoms with Gasteiger partial charge in [0.15, 0.2) is 5.65 Å². The van der Waals surface area contributed by atoms with Crippen LogP contribution in [0.15, 0.2) is 66.5 Å². The molecule has 10 nitrogen and oxygen atoms in total. The Kier molecular flexibility index (Phi) is 5.10. The van der Waals surface area contributed by atoms with Crippen molar-refractivity contribution in [1.29, 1.82) is 0 Å². The molecule has 0 bridgehead atoms. The lowest BCUT2D eigenvalue weighted by Gasteiger charge is -2.13. The number of nitrogens with one attached hydrogen (secondary N) is 4. The number of hydrogen-bond acceptors (Lipinski definition) is 7. The maximum absolute atomic E-state index is 12.0. The average molecular weight is 467 g/mol. The summed E-state index contributed by atoms with van der Waals surface area (Å²) < 4.78 is 1.61. The third-order valence-corrected chi connectivity index (χ3v) is 5.86. The zero-order chi connectivity index (χ0) is 23.8. The van der Waals surface area contributed by atoms with Crippen LogP contribution >= 0.6 is 0 Å². The first-order valence-electron chi connectivity index (χ1n) is 11.4.